The van der Waals surface area contributed by atoms with E-state index in [1.165, 1.54) is 0 Å². The summed E-state index contributed by atoms with van der Waals surface area (Å²) in [6, 6.07) is -0.970. The molecule has 0 fully saturated rings. The van der Waals surface area contributed by atoms with Crippen molar-refractivity contribution in [2.75, 3.05) is 18.5 Å². The van der Waals surface area contributed by atoms with Gasteiger partial charge in [0.25, 0.3) is 0 Å². The lowest BCUT2D eigenvalue weighted by molar-refractivity contribution is -0.140. The Morgan fingerprint density at radius 1 is 1.44 bits per heavy atom. The highest BCUT2D eigenvalue weighted by Gasteiger charge is 2.14. The number of carbonyl (C=O) groups is 1. The summed E-state index contributed by atoms with van der Waals surface area (Å²) in [4.78, 5) is 18.8. The Morgan fingerprint density at radius 3 is 2.61 bits per heavy atom. The van der Waals surface area contributed by atoms with Crippen molar-refractivity contribution in [3.05, 3.63) is 18.0 Å². The number of aliphatic hydroxyl groups excluding tert-OH is 1. The summed E-state index contributed by atoms with van der Waals surface area (Å²) in [5.74, 6) is -0.530. The standard InChI is InChI=1S/C11H18N4O3/c1-2-3-12-11-14-5-8(6-15-11)4-13-9(7-16)10(17)18/h5-6,9,13,16H,2-4,7H2,1H3,(H,17,18)(H,12,14,15)/t9-/m0/s1. The molecule has 1 heterocycles. The number of rotatable bonds is 8. The van der Waals surface area contributed by atoms with Gasteiger partial charge in [-0.1, -0.05) is 6.92 Å². The highest BCUT2D eigenvalue weighted by Crippen LogP contribution is 2.00. The van der Waals surface area contributed by atoms with Crippen LogP contribution >= 0.6 is 0 Å². The summed E-state index contributed by atoms with van der Waals surface area (Å²) in [6.07, 6.45) is 4.23. The van der Waals surface area contributed by atoms with Crippen molar-refractivity contribution in [1.29, 1.82) is 0 Å². The normalized spacial score (nSPS) is 12.1. The number of aliphatic carboxylic acids is 1. The highest BCUT2D eigenvalue weighted by molar-refractivity contribution is 5.73. The number of anilines is 1. The molecule has 0 aromatic carbocycles. The lowest BCUT2D eigenvalue weighted by Gasteiger charge is -2.11. The van der Waals surface area contributed by atoms with Crippen molar-refractivity contribution in [1.82, 2.24) is 15.3 Å². The quantitative estimate of drug-likeness (QED) is 0.510. The lowest BCUT2D eigenvalue weighted by atomic mass is 10.3. The number of nitrogens with zero attached hydrogens (tertiary/aromatic N) is 2. The molecule has 0 radical (unpaired) electrons. The molecule has 7 heteroatoms. The zero-order valence-electron chi connectivity index (χ0n) is 10.3. The van der Waals surface area contributed by atoms with Gasteiger partial charge in [-0.2, -0.15) is 0 Å². The number of aromatic nitrogens is 2. The molecule has 0 aliphatic carbocycles. The fraction of sp³-hybridized carbons (Fsp3) is 0.545. The Morgan fingerprint density at radius 2 is 2.11 bits per heavy atom. The zero-order chi connectivity index (χ0) is 13.4. The molecule has 0 saturated heterocycles. The van der Waals surface area contributed by atoms with Gasteiger partial charge in [-0.05, 0) is 6.42 Å². The van der Waals surface area contributed by atoms with E-state index in [4.69, 9.17) is 10.2 Å². The minimum absolute atomic E-state index is 0.297. The maximum atomic E-state index is 10.7. The monoisotopic (exact) mass is 254 g/mol. The number of hydrogen-bond acceptors (Lipinski definition) is 6. The van der Waals surface area contributed by atoms with E-state index in [0.29, 0.717) is 12.5 Å². The number of carboxylic acids is 1. The molecule has 0 aliphatic rings. The zero-order valence-corrected chi connectivity index (χ0v) is 10.3. The van der Waals surface area contributed by atoms with Gasteiger partial charge in [-0.15, -0.1) is 0 Å². The van der Waals surface area contributed by atoms with E-state index in [9.17, 15) is 4.79 Å². The molecule has 0 bridgehead atoms. The number of carboxylic acid groups (broad SMARTS) is 1. The van der Waals surface area contributed by atoms with Crippen LogP contribution in [0.2, 0.25) is 0 Å². The van der Waals surface area contributed by atoms with Gasteiger partial charge in [0.05, 0.1) is 6.61 Å². The number of hydrogen-bond donors (Lipinski definition) is 4. The molecule has 4 N–H and O–H groups in total. The van der Waals surface area contributed by atoms with Crippen molar-refractivity contribution >= 4 is 11.9 Å². The Bertz CT molecular complexity index is 369. The van der Waals surface area contributed by atoms with Gasteiger partial charge in [0.1, 0.15) is 6.04 Å². The average molecular weight is 254 g/mol. The van der Waals surface area contributed by atoms with Crippen molar-refractivity contribution in [2.45, 2.75) is 25.9 Å². The summed E-state index contributed by atoms with van der Waals surface area (Å²) < 4.78 is 0. The van der Waals surface area contributed by atoms with E-state index in [-0.39, 0.29) is 0 Å². The Hall–Kier alpha value is -1.73. The predicted molar refractivity (Wildman–Crippen MR) is 66.2 cm³/mol. The molecule has 0 unspecified atom stereocenters. The molecule has 0 aliphatic heterocycles. The topological polar surface area (TPSA) is 107 Å². The average Bonchev–Trinajstić information content (AvgIpc) is 2.38. The first kappa shape index (κ1) is 14.3. The van der Waals surface area contributed by atoms with Gasteiger partial charge < -0.3 is 15.5 Å². The molecule has 1 rings (SSSR count). The van der Waals surface area contributed by atoms with Gasteiger partial charge in [-0.25, -0.2) is 9.97 Å². The van der Waals surface area contributed by atoms with E-state index in [0.717, 1.165) is 18.5 Å². The van der Waals surface area contributed by atoms with E-state index in [1.807, 2.05) is 6.92 Å². The molecule has 0 amide bonds. The maximum Gasteiger partial charge on any atom is 0.323 e. The van der Waals surface area contributed by atoms with Crippen molar-refractivity contribution in [3.8, 4) is 0 Å². The first-order chi connectivity index (χ1) is 8.67. The molecular weight excluding hydrogens is 236 g/mol. The Labute approximate surface area is 105 Å². The van der Waals surface area contributed by atoms with Gasteiger partial charge in [0, 0.05) is 31.0 Å². The Kier molecular flexibility index (Phi) is 6.03. The van der Waals surface area contributed by atoms with E-state index in [1.54, 1.807) is 12.4 Å². The third kappa shape index (κ3) is 4.64. The fourth-order valence-electron chi connectivity index (χ4n) is 1.25. The van der Waals surface area contributed by atoms with Crippen LogP contribution in [0.1, 0.15) is 18.9 Å². The van der Waals surface area contributed by atoms with Crippen LogP contribution in [0.4, 0.5) is 5.95 Å². The second kappa shape index (κ2) is 7.57. The maximum absolute atomic E-state index is 10.7. The SMILES string of the molecule is CCCNc1ncc(CN[C@@H](CO)C(=O)O)cn1. The van der Waals surface area contributed by atoms with Crippen molar-refractivity contribution < 1.29 is 15.0 Å². The molecule has 18 heavy (non-hydrogen) atoms. The predicted octanol–water partition coefficient (Wildman–Crippen LogP) is -0.166. The molecule has 1 atom stereocenters. The molecule has 0 spiro atoms. The van der Waals surface area contributed by atoms with Gasteiger partial charge in [0.2, 0.25) is 5.95 Å². The number of aliphatic hydroxyl groups is 1. The third-order valence-corrected chi connectivity index (χ3v) is 2.27. The second-order valence-corrected chi connectivity index (χ2v) is 3.80. The fourth-order valence-corrected chi connectivity index (χ4v) is 1.25. The summed E-state index contributed by atoms with van der Waals surface area (Å²) in [7, 11) is 0. The van der Waals surface area contributed by atoms with Crippen LogP contribution in [0.25, 0.3) is 0 Å². The van der Waals surface area contributed by atoms with Crippen molar-refractivity contribution in [2.24, 2.45) is 0 Å². The molecule has 1 aromatic rings. The summed E-state index contributed by atoms with van der Waals surface area (Å²) >= 11 is 0. The van der Waals surface area contributed by atoms with Crippen LogP contribution < -0.4 is 10.6 Å². The van der Waals surface area contributed by atoms with Crippen LogP contribution in [0.5, 0.6) is 0 Å². The minimum Gasteiger partial charge on any atom is -0.480 e. The van der Waals surface area contributed by atoms with Crippen molar-refractivity contribution in [3.63, 3.8) is 0 Å². The van der Waals surface area contributed by atoms with E-state index in [2.05, 4.69) is 20.6 Å². The first-order valence-electron chi connectivity index (χ1n) is 5.79. The van der Waals surface area contributed by atoms with E-state index >= 15 is 0 Å². The highest BCUT2D eigenvalue weighted by atomic mass is 16.4. The molecule has 0 saturated carbocycles. The van der Waals surface area contributed by atoms with Crippen LogP contribution in [-0.4, -0.2) is 45.3 Å². The van der Waals surface area contributed by atoms with Crippen LogP contribution in [0, 0.1) is 0 Å². The van der Waals surface area contributed by atoms with Gasteiger partial charge >= 0.3 is 5.97 Å². The van der Waals surface area contributed by atoms with Gasteiger partial charge in [0.15, 0.2) is 0 Å². The van der Waals surface area contributed by atoms with Gasteiger partial charge in [-0.3, -0.25) is 10.1 Å². The molecule has 100 valence electrons. The van der Waals surface area contributed by atoms with Crippen LogP contribution in [-0.2, 0) is 11.3 Å². The van der Waals surface area contributed by atoms with E-state index < -0.39 is 18.6 Å². The molecule has 7 nitrogen and oxygen atoms in total. The summed E-state index contributed by atoms with van der Waals surface area (Å²) in [5.41, 5.74) is 0.761. The second-order valence-electron chi connectivity index (χ2n) is 3.80. The third-order valence-electron chi connectivity index (χ3n) is 2.27. The van der Waals surface area contributed by atoms with Crippen LogP contribution in [0.3, 0.4) is 0 Å². The minimum atomic E-state index is -1.08. The summed E-state index contributed by atoms with van der Waals surface area (Å²) in [6.45, 7) is 2.70. The molecular formula is C11H18N4O3. The van der Waals surface area contributed by atoms with Crippen LogP contribution in [0.15, 0.2) is 12.4 Å². The number of nitrogens with one attached hydrogen (secondary N) is 2. The molecule has 1 aromatic heterocycles. The smallest absolute Gasteiger partial charge is 0.323 e. The first-order valence-corrected chi connectivity index (χ1v) is 5.79. The Balaban J connectivity index is 2.45. The summed E-state index contributed by atoms with van der Waals surface area (Å²) in [5, 5.41) is 23.3. The largest absolute Gasteiger partial charge is 0.480 e. The lowest BCUT2D eigenvalue weighted by Crippen LogP contribution is -2.39.